The van der Waals surface area contributed by atoms with Crippen LogP contribution < -0.4 is 10.1 Å². The van der Waals surface area contributed by atoms with Gasteiger partial charge in [-0.25, -0.2) is 9.59 Å². The molecule has 0 fully saturated rings. The summed E-state index contributed by atoms with van der Waals surface area (Å²) in [6.45, 7) is 8.18. The third-order valence-electron chi connectivity index (χ3n) is 4.45. The van der Waals surface area contributed by atoms with Crippen LogP contribution in [0, 0.1) is 5.92 Å². The van der Waals surface area contributed by atoms with Gasteiger partial charge in [0.2, 0.25) is 5.91 Å². The van der Waals surface area contributed by atoms with E-state index in [1.54, 1.807) is 32.6 Å². The van der Waals surface area contributed by atoms with Crippen LogP contribution in [0.3, 0.4) is 0 Å². The first-order chi connectivity index (χ1) is 13.6. The maximum Gasteiger partial charge on any atom is 0.408 e. The fourth-order valence-electron chi connectivity index (χ4n) is 3.09. The van der Waals surface area contributed by atoms with Gasteiger partial charge in [-0.15, -0.1) is 0 Å². The van der Waals surface area contributed by atoms with Gasteiger partial charge < -0.3 is 24.4 Å². The molecule has 1 aromatic rings. The lowest BCUT2D eigenvalue weighted by Crippen LogP contribution is -2.46. The number of nitrogens with one attached hydrogen (secondary N) is 1. The topological polar surface area (TPSA) is 94.2 Å². The number of amides is 2. The van der Waals surface area contributed by atoms with Crippen molar-refractivity contribution < 1.29 is 28.6 Å². The van der Waals surface area contributed by atoms with E-state index in [4.69, 9.17) is 14.2 Å². The van der Waals surface area contributed by atoms with E-state index >= 15 is 0 Å². The van der Waals surface area contributed by atoms with Crippen LogP contribution in [-0.4, -0.2) is 54.8 Å². The highest BCUT2D eigenvalue weighted by molar-refractivity contribution is 5.83. The number of alkyl carbamates (subject to hydrolysis) is 1. The molecule has 1 heterocycles. The van der Waals surface area contributed by atoms with Crippen LogP contribution in [0.1, 0.15) is 39.7 Å². The third-order valence-corrected chi connectivity index (χ3v) is 4.45. The minimum atomic E-state index is -0.982. The fraction of sp³-hybridized carbons (Fsp3) is 0.571. The average molecular weight is 406 g/mol. The van der Waals surface area contributed by atoms with E-state index in [1.165, 1.54) is 7.11 Å². The van der Waals surface area contributed by atoms with Crippen LogP contribution in [0.25, 0.3) is 0 Å². The van der Waals surface area contributed by atoms with Gasteiger partial charge in [0.15, 0.2) is 0 Å². The Morgan fingerprint density at radius 1 is 1.24 bits per heavy atom. The van der Waals surface area contributed by atoms with Crippen molar-refractivity contribution in [3.8, 4) is 5.75 Å². The molecular weight excluding hydrogens is 376 g/mol. The molecular formula is C21H30N2O6. The molecule has 29 heavy (non-hydrogen) atoms. The monoisotopic (exact) mass is 406 g/mol. The highest BCUT2D eigenvalue weighted by Gasteiger charge is 2.31. The van der Waals surface area contributed by atoms with Gasteiger partial charge >= 0.3 is 12.1 Å². The molecule has 2 atom stereocenters. The summed E-state index contributed by atoms with van der Waals surface area (Å²) < 4.78 is 15.7. The first-order valence-corrected chi connectivity index (χ1v) is 9.67. The van der Waals surface area contributed by atoms with Crippen molar-refractivity contribution in [3.63, 3.8) is 0 Å². The normalized spacial score (nSPS) is 15.8. The summed E-state index contributed by atoms with van der Waals surface area (Å²) in [5.41, 5.74) is 0.230. The predicted molar refractivity (Wildman–Crippen MR) is 106 cm³/mol. The van der Waals surface area contributed by atoms with Crippen molar-refractivity contribution in [2.75, 3.05) is 20.3 Å². The van der Waals surface area contributed by atoms with Gasteiger partial charge in [0.25, 0.3) is 0 Å². The van der Waals surface area contributed by atoms with Gasteiger partial charge in [0, 0.05) is 18.0 Å². The number of para-hydroxylation sites is 1. The molecule has 2 amide bonds. The molecule has 0 saturated heterocycles. The maximum absolute atomic E-state index is 13.0. The number of hydrogen-bond donors (Lipinski definition) is 1. The lowest BCUT2D eigenvalue weighted by molar-refractivity contribution is -0.144. The number of rotatable bonds is 5. The molecule has 160 valence electrons. The van der Waals surface area contributed by atoms with Crippen molar-refractivity contribution >= 4 is 18.0 Å². The Hall–Kier alpha value is -2.77. The summed E-state index contributed by atoms with van der Waals surface area (Å²) >= 11 is 0. The lowest BCUT2D eigenvalue weighted by atomic mass is 9.99. The Morgan fingerprint density at radius 3 is 2.59 bits per heavy atom. The number of fused-ring (bicyclic) bond motifs is 1. The SMILES string of the molecule is COC(=O)[C@H](C[C@H](C)C(=O)N1CCOc2ccccc2C1)NC(=O)OC(C)(C)C. The summed E-state index contributed by atoms with van der Waals surface area (Å²) in [7, 11) is 1.24. The smallest absolute Gasteiger partial charge is 0.408 e. The summed E-state index contributed by atoms with van der Waals surface area (Å²) in [5.74, 6) is -0.487. The van der Waals surface area contributed by atoms with E-state index in [0.717, 1.165) is 11.3 Å². The molecule has 2 rings (SSSR count). The molecule has 0 aromatic heterocycles. The second kappa shape index (κ2) is 9.62. The van der Waals surface area contributed by atoms with Crippen molar-refractivity contribution in [2.45, 2.75) is 52.3 Å². The zero-order valence-corrected chi connectivity index (χ0v) is 17.7. The van der Waals surface area contributed by atoms with Crippen molar-refractivity contribution in [1.29, 1.82) is 0 Å². The molecule has 1 aliphatic rings. The van der Waals surface area contributed by atoms with Gasteiger partial charge in [-0.05, 0) is 33.3 Å². The first kappa shape index (κ1) is 22.5. The Morgan fingerprint density at radius 2 is 1.93 bits per heavy atom. The zero-order valence-electron chi connectivity index (χ0n) is 17.7. The van der Waals surface area contributed by atoms with E-state index in [9.17, 15) is 14.4 Å². The molecule has 0 aliphatic carbocycles. The number of ether oxygens (including phenoxy) is 3. The van der Waals surface area contributed by atoms with Crippen LogP contribution in [-0.2, 0) is 25.6 Å². The third kappa shape index (κ3) is 6.66. The van der Waals surface area contributed by atoms with Crippen LogP contribution in [0.4, 0.5) is 4.79 Å². The van der Waals surface area contributed by atoms with Crippen LogP contribution in [0.15, 0.2) is 24.3 Å². The van der Waals surface area contributed by atoms with Crippen molar-refractivity contribution in [2.24, 2.45) is 5.92 Å². The minimum absolute atomic E-state index is 0.101. The molecule has 1 N–H and O–H groups in total. The minimum Gasteiger partial charge on any atom is -0.491 e. The van der Waals surface area contributed by atoms with Crippen molar-refractivity contribution in [1.82, 2.24) is 10.2 Å². The Bertz CT molecular complexity index is 743. The highest BCUT2D eigenvalue weighted by Crippen LogP contribution is 2.24. The van der Waals surface area contributed by atoms with E-state index in [1.807, 2.05) is 24.3 Å². The van der Waals surface area contributed by atoms with Gasteiger partial charge in [-0.1, -0.05) is 25.1 Å². The zero-order chi connectivity index (χ0) is 21.6. The summed E-state index contributed by atoms with van der Waals surface area (Å²) in [5, 5.41) is 2.51. The molecule has 8 heteroatoms. The predicted octanol–water partition coefficient (Wildman–Crippen LogP) is 2.50. The van der Waals surface area contributed by atoms with Gasteiger partial charge in [-0.2, -0.15) is 0 Å². The second-order valence-corrected chi connectivity index (χ2v) is 8.07. The fourth-order valence-corrected chi connectivity index (χ4v) is 3.09. The Kier molecular flexibility index (Phi) is 7.47. The highest BCUT2D eigenvalue weighted by atomic mass is 16.6. The molecule has 0 radical (unpaired) electrons. The summed E-state index contributed by atoms with van der Waals surface area (Å²) in [6, 6.07) is 6.61. The second-order valence-electron chi connectivity index (χ2n) is 8.07. The standard InChI is InChI=1S/C21H30N2O6/c1-14(12-16(19(25)27-5)22-20(26)29-21(2,3)4)18(24)23-10-11-28-17-9-7-6-8-15(17)13-23/h6-9,14,16H,10-13H2,1-5H3,(H,22,26)/t14-,16-/m0/s1. The van der Waals surface area contributed by atoms with E-state index < -0.39 is 29.6 Å². The van der Waals surface area contributed by atoms with Crippen molar-refractivity contribution in [3.05, 3.63) is 29.8 Å². The summed E-state index contributed by atoms with van der Waals surface area (Å²) in [6.07, 6.45) is -0.631. The van der Waals surface area contributed by atoms with Gasteiger partial charge in [0.05, 0.1) is 13.7 Å². The Labute approximate surface area is 171 Å². The number of esters is 1. The first-order valence-electron chi connectivity index (χ1n) is 9.67. The van der Waals surface area contributed by atoms with E-state index in [2.05, 4.69) is 5.32 Å². The van der Waals surface area contributed by atoms with Crippen LogP contribution in [0.2, 0.25) is 0 Å². The average Bonchev–Trinajstić information content (AvgIpc) is 2.87. The molecule has 8 nitrogen and oxygen atoms in total. The van der Waals surface area contributed by atoms with Crippen LogP contribution >= 0.6 is 0 Å². The summed E-state index contributed by atoms with van der Waals surface area (Å²) in [4.78, 5) is 38.9. The lowest BCUT2D eigenvalue weighted by Gasteiger charge is -2.27. The largest absolute Gasteiger partial charge is 0.491 e. The molecule has 1 aliphatic heterocycles. The number of methoxy groups -OCH3 is 1. The number of carbonyl (C=O) groups excluding carboxylic acids is 3. The number of hydrogen-bond acceptors (Lipinski definition) is 6. The molecule has 0 saturated carbocycles. The van der Waals surface area contributed by atoms with E-state index in [0.29, 0.717) is 19.7 Å². The van der Waals surface area contributed by atoms with Gasteiger partial charge in [-0.3, -0.25) is 4.79 Å². The number of carbonyl (C=O) groups is 3. The van der Waals surface area contributed by atoms with Crippen LogP contribution in [0.5, 0.6) is 5.75 Å². The number of benzene rings is 1. The molecule has 0 unspecified atom stereocenters. The number of nitrogens with zero attached hydrogens (tertiary/aromatic N) is 1. The molecule has 0 spiro atoms. The maximum atomic E-state index is 13.0. The molecule has 0 bridgehead atoms. The molecule has 1 aromatic carbocycles. The Balaban J connectivity index is 2.04. The quantitative estimate of drug-likeness (QED) is 0.755. The van der Waals surface area contributed by atoms with E-state index in [-0.39, 0.29) is 12.3 Å². The van der Waals surface area contributed by atoms with Gasteiger partial charge in [0.1, 0.15) is 24.0 Å².